The average Bonchev–Trinajstić information content (AvgIpc) is 2.76. The maximum atomic E-state index is 14.5. The summed E-state index contributed by atoms with van der Waals surface area (Å²) in [5, 5.41) is 3.85. The number of hydrogen-bond donors (Lipinski definition) is 1. The standard InChI is InChI=1S/C24H26FN3O2S/c1-15-8-7-12-19(16(15)2)26-22(29)14-31-24-27-20-11-5-3-9-17(20)23(30)28(24)21-13-6-4-10-18(21)25/h3-6,9-11,13,15-16,19H,7-8,12,14H2,1-2H3,(H,26,29)/t15-,16-,19+/m1/s1. The number of benzene rings is 2. The van der Waals surface area contributed by atoms with Gasteiger partial charge in [-0.05, 0) is 42.5 Å². The van der Waals surface area contributed by atoms with Gasteiger partial charge in [0.25, 0.3) is 5.56 Å². The second-order valence-electron chi connectivity index (χ2n) is 8.23. The van der Waals surface area contributed by atoms with E-state index in [9.17, 15) is 14.0 Å². The number of carbonyl (C=O) groups is 1. The zero-order valence-corrected chi connectivity index (χ0v) is 18.5. The first kappa shape index (κ1) is 21.6. The number of para-hydroxylation sites is 2. The normalized spacial score (nSPS) is 21.2. The van der Waals surface area contributed by atoms with Gasteiger partial charge in [-0.3, -0.25) is 14.2 Å². The van der Waals surface area contributed by atoms with Gasteiger partial charge >= 0.3 is 0 Å². The molecule has 1 aliphatic carbocycles. The minimum absolute atomic E-state index is 0.0987. The van der Waals surface area contributed by atoms with E-state index in [0.29, 0.717) is 27.9 Å². The number of carbonyl (C=O) groups excluding carboxylic acids is 1. The largest absolute Gasteiger partial charge is 0.352 e. The van der Waals surface area contributed by atoms with Gasteiger partial charge in [0.15, 0.2) is 5.16 Å². The summed E-state index contributed by atoms with van der Waals surface area (Å²) in [5.41, 5.74) is 0.300. The Bertz CT molecular complexity index is 1160. The molecule has 1 saturated carbocycles. The highest BCUT2D eigenvalue weighted by Crippen LogP contribution is 2.30. The van der Waals surface area contributed by atoms with E-state index in [1.54, 1.807) is 42.5 Å². The van der Waals surface area contributed by atoms with Gasteiger partial charge in [-0.25, -0.2) is 9.37 Å². The van der Waals surface area contributed by atoms with E-state index in [2.05, 4.69) is 24.1 Å². The van der Waals surface area contributed by atoms with Gasteiger partial charge in [0.05, 0.1) is 22.3 Å². The molecule has 1 amide bonds. The lowest BCUT2D eigenvalue weighted by atomic mass is 9.78. The van der Waals surface area contributed by atoms with Crippen molar-refractivity contribution in [3.63, 3.8) is 0 Å². The number of fused-ring (bicyclic) bond motifs is 1. The number of nitrogens with one attached hydrogen (secondary N) is 1. The van der Waals surface area contributed by atoms with Gasteiger partial charge in [0, 0.05) is 6.04 Å². The highest BCUT2D eigenvalue weighted by molar-refractivity contribution is 7.99. The molecule has 2 aromatic carbocycles. The van der Waals surface area contributed by atoms with Crippen LogP contribution in [-0.4, -0.2) is 27.3 Å². The van der Waals surface area contributed by atoms with Crippen LogP contribution in [0.5, 0.6) is 0 Å². The van der Waals surface area contributed by atoms with E-state index >= 15 is 0 Å². The van der Waals surface area contributed by atoms with E-state index in [1.807, 2.05) is 0 Å². The van der Waals surface area contributed by atoms with E-state index in [0.717, 1.165) is 24.6 Å². The molecule has 0 unspecified atom stereocenters. The molecule has 0 spiro atoms. The first-order valence-corrected chi connectivity index (χ1v) is 11.6. The minimum Gasteiger partial charge on any atom is -0.352 e. The molecule has 3 aromatic rings. The molecule has 162 valence electrons. The number of rotatable bonds is 5. The van der Waals surface area contributed by atoms with E-state index in [4.69, 9.17) is 0 Å². The van der Waals surface area contributed by atoms with Gasteiger partial charge in [-0.1, -0.05) is 62.7 Å². The third kappa shape index (κ3) is 4.51. The number of hydrogen-bond acceptors (Lipinski definition) is 4. The lowest BCUT2D eigenvalue weighted by Crippen LogP contribution is -2.44. The van der Waals surface area contributed by atoms with E-state index < -0.39 is 5.82 Å². The molecule has 5 nitrogen and oxygen atoms in total. The fourth-order valence-electron chi connectivity index (χ4n) is 4.22. The Morgan fingerprint density at radius 1 is 1.16 bits per heavy atom. The van der Waals surface area contributed by atoms with Crippen LogP contribution in [-0.2, 0) is 4.79 Å². The fraction of sp³-hybridized carbons (Fsp3) is 0.375. The number of halogens is 1. The van der Waals surface area contributed by atoms with Crippen molar-refractivity contribution in [2.24, 2.45) is 11.8 Å². The Morgan fingerprint density at radius 3 is 2.71 bits per heavy atom. The monoisotopic (exact) mass is 439 g/mol. The van der Waals surface area contributed by atoms with Crippen molar-refractivity contribution in [3.05, 3.63) is 64.7 Å². The molecule has 1 aromatic heterocycles. The SMILES string of the molecule is C[C@@H]1[C@H](C)CCC[C@@H]1NC(=O)CSc1nc2ccccc2c(=O)n1-c1ccccc1F. The summed E-state index contributed by atoms with van der Waals surface area (Å²) in [6.07, 6.45) is 3.29. The summed E-state index contributed by atoms with van der Waals surface area (Å²) in [6.45, 7) is 4.41. The van der Waals surface area contributed by atoms with Crippen LogP contribution < -0.4 is 10.9 Å². The Morgan fingerprint density at radius 2 is 1.90 bits per heavy atom. The predicted molar refractivity (Wildman–Crippen MR) is 122 cm³/mol. The first-order valence-electron chi connectivity index (χ1n) is 10.6. The zero-order chi connectivity index (χ0) is 22.0. The first-order chi connectivity index (χ1) is 15.0. The Labute approximate surface area is 185 Å². The molecule has 1 N–H and O–H groups in total. The van der Waals surface area contributed by atoms with Crippen LogP contribution in [0.15, 0.2) is 58.5 Å². The van der Waals surface area contributed by atoms with E-state index in [-0.39, 0.29) is 28.9 Å². The summed E-state index contributed by atoms with van der Waals surface area (Å²) in [4.78, 5) is 30.4. The lowest BCUT2D eigenvalue weighted by molar-refractivity contribution is -0.120. The molecule has 3 atom stereocenters. The molecule has 1 fully saturated rings. The second-order valence-corrected chi connectivity index (χ2v) is 9.18. The van der Waals surface area contributed by atoms with Crippen LogP contribution in [0.3, 0.4) is 0 Å². The van der Waals surface area contributed by atoms with Crippen LogP contribution in [0.2, 0.25) is 0 Å². The summed E-state index contributed by atoms with van der Waals surface area (Å²) in [5.74, 6) is 0.506. The van der Waals surface area contributed by atoms with Gasteiger partial charge in [-0.2, -0.15) is 0 Å². The van der Waals surface area contributed by atoms with Crippen molar-refractivity contribution >= 4 is 28.6 Å². The zero-order valence-electron chi connectivity index (χ0n) is 17.7. The smallest absolute Gasteiger partial charge is 0.266 e. The van der Waals surface area contributed by atoms with Crippen LogP contribution in [0.1, 0.15) is 33.1 Å². The molecule has 7 heteroatoms. The number of amides is 1. The maximum absolute atomic E-state index is 14.5. The van der Waals surface area contributed by atoms with Crippen molar-refractivity contribution in [2.75, 3.05) is 5.75 Å². The third-order valence-corrected chi connectivity index (χ3v) is 7.16. The lowest BCUT2D eigenvalue weighted by Gasteiger charge is -2.34. The van der Waals surface area contributed by atoms with Crippen molar-refractivity contribution < 1.29 is 9.18 Å². The summed E-state index contributed by atoms with van der Waals surface area (Å²) >= 11 is 1.15. The number of nitrogens with zero attached hydrogens (tertiary/aromatic N) is 2. The molecule has 0 aliphatic heterocycles. The fourth-order valence-corrected chi connectivity index (χ4v) is 5.04. The van der Waals surface area contributed by atoms with Gasteiger partial charge < -0.3 is 5.32 Å². The van der Waals surface area contributed by atoms with Crippen molar-refractivity contribution in [3.8, 4) is 5.69 Å². The van der Waals surface area contributed by atoms with Crippen molar-refractivity contribution in [1.82, 2.24) is 14.9 Å². The molecular weight excluding hydrogens is 413 g/mol. The highest BCUT2D eigenvalue weighted by atomic mass is 32.2. The molecular formula is C24H26FN3O2S. The third-order valence-electron chi connectivity index (χ3n) is 6.22. The Balaban J connectivity index is 1.62. The Kier molecular flexibility index (Phi) is 6.41. The molecule has 1 aliphatic rings. The predicted octanol–water partition coefficient (Wildman–Crippen LogP) is 4.56. The summed E-state index contributed by atoms with van der Waals surface area (Å²) in [6, 6.07) is 13.2. The quantitative estimate of drug-likeness (QED) is 0.468. The van der Waals surface area contributed by atoms with Gasteiger partial charge in [0.2, 0.25) is 5.91 Å². The van der Waals surface area contributed by atoms with Crippen LogP contribution in [0, 0.1) is 17.7 Å². The van der Waals surface area contributed by atoms with Crippen LogP contribution in [0.25, 0.3) is 16.6 Å². The topological polar surface area (TPSA) is 64.0 Å². The summed E-state index contributed by atoms with van der Waals surface area (Å²) in [7, 11) is 0. The number of aromatic nitrogens is 2. The molecule has 0 saturated heterocycles. The molecule has 4 rings (SSSR count). The molecule has 31 heavy (non-hydrogen) atoms. The Hall–Kier alpha value is -2.67. The van der Waals surface area contributed by atoms with Crippen LogP contribution >= 0.6 is 11.8 Å². The maximum Gasteiger partial charge on any atom is 0.266 e. The van der Waals surface area contributed by atoms with Crippen molar-refractivity contribution in [2.45, 2.75) is 44.3 Å². The molecule has 0 bridgehead atoms. The second kappa shape index (κ2) is 9.22. The average molecular weight is 440 g/mol. The van der Waals surface area contributed by atoms with Gasteiger partial charge in [0.1, 0.15) is 5.82 Å². The van der Waals surface area contributed by atoms with Crippen LogP contribution in [0.4, 0.5) is 4.39 Å². The summed E-state index contributed by atoms with van der Waals surface area (Å²) < 4.78 is 15.8. The minimum atomic E-state index is -0.516. The van der Waals surface area contributed by atoms with Gasteiger partial charge in [-0.15, -0.1) is 0 Å². The molecule has 0 radical (unpaired) electrons. The van der Waals surface area contributed by atoms with Crippen molar-refractivity contribution in [1.29, 1.82) is 0 Å². The highest BCUT2D eigenvalue weighted by Gasteiger charge is 2.28. The molecule has 1 heterocycles. The number of thioether (sulfide) groups is 1. The van der Waals surface area contributed by atoms with E-state index in [1.165, 1.54) is 17.1 Å².